The van der Waals surface area contributed by atoms with E-state index in [1.54, 1.807) is 36.4 Å². The van der Waals surface area contributed by atoms with Crippen LogP contribution in [0.25, 0.3) is 0 Å². The normalized spacial score (nSPS) is 15.8. The summed E-state index contributed by atoms with van der Waals surface area (Å²) in [5, 5.41) is 3.43. The van der Waals surface area contributed by atoms with Crippen LogP contribution in [0.4, 0.5) is 5.69 Å². The monoisotopic (exact) mass is 435 g/mol. The highest BCUT2D eigenvalue weighted by Gasteiger charge is 2.28. The molecule has 2 aromatic carbocycles. The molecule has 1 saturated heterocycles. The van der Waals surface area contributed by atoms with E-state index in [1.807, 2.05) is 14.0 Å². The maximum Gasteiger partial charge on any atom is 0.264 e. The molecule has 1 heterocycles. The number of halogens is 1. The van der Waals surface area contributed by atoms with Crippen molar-refractivity contribution in [1.82, 2.24) is 10.2 Å². The minimum absolute atomic E-state index is 0.0570. The molecule has 0 bridgehead atoms. The second-order valence-corrected chi connectivity index (χ2v) is 9.67. The minimum atomic E-state index is -3.92. The number of nitrogens with one attached hydrogen (secondary N) is 1. The first-order valence-electron chi connectivity index (χ1n) is 9.59. The van der Waals surface area contributed by atoms with E-state index < -0.39 is 10.0 Å². The summed E-state index contributed by atoms with van der Waals surface area (Å²) in [7, 11) is -1.87. The number of hydrogen-bond acceptors (Lipinski definition) is 4. The molecule has 156 valence electrons. The smallest absolute Gasteiger partial charge is 0.264 e. The van der Waals surface area contributed by atoms with Gasteiger partial charge in [0.1, 0.15) is 6.54 Å². The highest BCUT2D eigenvalue weighted by Crippen LogP contribution is 2.28. The molecule has 29 heavy (non-hydrogen) atoms. The van der Waals surface area contributed by atoms with Crippen molar-refractivity contribution >= 4 is 33.2 Å². The van der Waals surface area contributed by atoms with Crippen LogP contribution in [0.3, 0.4) is 0 Å². The fraction of sp³-hybridized carbons (Fsp3) is 0.381. The van der Waals surface area contributed by atoms with Gasteiger partial charge in [-0.25, -0.2) is 8.42 Å². The second-order valence-electron chi connectivity index (χ2n) is 7.40. The van der Waals surface area contributed by atoms with Crippen LogP contribution in [0, 0.1) is 6.92 Å². The van der Waals surface area contributed by atoms with Crippen molar-refractivity contribution in [3.8, 4) is 0 Å². The molecule has 6 nitrogen and oxygen atoms in total. The molecule has 0 atom stereocenters. The maximum absolute atomic E-state index is 13.3. The van der Waals surface area contributed by atoms with Crippen molar-refractivity contribution in [2.75, 3.05) is 31.0 Å². The van der Waals surface area contributed by atoms with Crippen LogP contribution < -0.4 is 9.62 Å². The molecule has 8 heteroatoms. The molecule has 0 radical (unpaired) electrons. The van der Waals surface area contributed by atoms with E-state index >= 15 is 0 Å². The lowest BCUT2D eigenvalue weighted by Crippen LogP contribution is -2.47. The van der Waals surface area contributed by atoms with E-state index in [0.29, 0.717) is 10.7 Å². The number of benzene rings is 2. The summed E-state index contributed by atoms with van der Waals surface area (Å²) in [6.07, 6.45) is 1.70. The Morgan fingerprint density at radius 2 is 1.83 bits per heavy atom. The predicted molar refractivity (Wildman–Crippen MR) is 116 cm³/mol. The number of nitrogens with zero attached hydrogens (tertiary/aromatic N) is 2. The number of piperidine rings is 1. The van der Waals surface area contributed by atoms with Crippen molar-refractivity contribution in [3.63, 3.8) is 0 Å². The Bertz CT molecular complexity index is 958. The van der Waals surface area contributed by atoms with E-state index in [9.17, 15) is 13.2 Å². The molecule has 0 aliphatic carbocycles. The Hall–Kier alpha value is -2.09. The van der Waals surface area contributed by atoms with Gasteiger partial charge in [-0.2, -0.15) is 0 Å². The lowest BCUT2D eigenvalue weighted by molar-refractivity contribution is -0.120. The third-order valence-electron chi connectivity index (χ3n) is 5.15. The number of rotatable bonds is 6. The van der Waals surface area contributed by atoms with Gasteiger partial charge in [-0.15, -0.1) is 0 Å². The number of sulfonamides is 1. The lowest BCUT2D eigenvalue weighted by atomic mass is 10.1. The molecule has 0 saturated carbocycles. The predicted octanol–water partition coefficient (Wildman–Crippen LogP) is 3.05. The average Bonchev–Trinajstić information content (AvgIpc) is 2.71. The third-order valence-corrected chi connectivity index (χ3v) is 7.34. The molecule has 1 N–H and O–H groups in total. The highest BCUT2D eigenvalue weighted by molar-refractivity contribution is 7.92. The van der Waals surface area contributed by atoms with E-state index in [2.05, 4.69) is 10.2 Å². The molecule has 1 fully saturated rings. The Kier molecular flexibility index (Phi) is 6.82. The lowest BCUT2D eigenvalue weighted by Gasteiger charge is -2.30. The van der Waals surface area contributed by atoms with Crippen LogP contribution in [0.5, 0.6) is 0 Å². The Labute approximate surface area is 177 Å². The summed E-state index contributed by atoms with van der Waals surface area (Å²) in [6, 6.07) is 13.2. The molecule has 3 rings (SSSR count). The van der Waals surface area contributed by atoms with Crippen LogP contribution in [0.1, 0.15) is 18.4 Å². The van der Waals surface area contributed by atoms with Crippen molar-refractivity contribution in [3.05, 3.63) is 59.1 Å². The van der Waals surface area contributed by atoms with Crippen LogP contribution >= 0.6 is 11.6 Å². The van der Waals surface area contributed by atoms with Gasteiger partial charge in [-0.05, 0) is 69.7 Å². The molecule has 1 aliphatic rings. The fourth-order valence-electron chi connectivity index (χ4n) is 3.33. The van der Waals surface area contributed by atoms with E-state index in [1.165, 1.54) is 12.1 Å². The highest BCUT2D eigenvalue weighted by atomic mass is 35.5. The first kappa shape index (κ1) is 21.6. The number of anilines is 1. The van der Waals surface area contributed by atoms with Gasteiger partial charge in [-0.3, -0.25) is 9.10 Å². The number of amides is 1. The SMILES string of the molecule is Cc1ccc(N(CC(=O)NC2CCN(C)CC2)S(=O)(=O)c2ccccc2)cc1Cl. The molecule has 0 aromatic heterocycles. The molecule has 1 amide bonds. The van der Waals surface area contributed by atoms with Crippen molar-refractivity contribution in [2.24, 2.45) is 0 Å². The summed E-state index contributed by atoms with van der Waals surface area (Å²) < 4.78 is 27.7. The Morgan fingerprint density at radius 1 is 1.17 bits per heavy atom. The van der Waals surface area contributed by atoms with E-state index in [0.717, 1.165) is 35.8 Å². The Morgan fingerprint density at radius 3 is 2.45 bits per heavy atom. The van der Waals surface area contributed by atoms with Crippen LogP contribution in [0.15, 0.2) is 53.4 Å². The van der Waals surface area contributed by atoms with Gasteiger partial charge in [0.25, 0.3) is 10.0 Å². The Balaban J connectivity index is 1.86. The minimum Gasteiger partial charge on any atom is -0.352 e. The van der Waals surface area contributed by atoms with Crippen molar-refractivity contribution in [1.29, 1.82) is 0 Å². The number of aryl methyl sites for hydroxylation is 1. The maximum atomic E-state index is 13.3. The molecule has 0 spiro atoms. The first-order chi connectivity index (χ1) is 13.8. The number of carbonyl (C=O) groups excluding carboxylic acids is 1. The average molecular weight is 436 g/mol. The number of likely N-dealkylation sites (tertiary alicyclic amines) is 1. The van der Waals surface area contributed by atoms with Gasteiger partial charge >= 0.3 is 0 Å². The summed E-state index contributed by atoms with van der Waals surface area (Å²) in [5.74, 6) is -0.323. The first-order valence-corrected chi connectivity index (χ1v) is 11.4. The van der Waals surface area contributed by atoms with Gasteiger partial charge in [0.2, 0.25) is 5.91 Å². The zero-order valence-corrected chi connectivity index (χ0v) is 18.2. The van der Waals surface area contributed by atoms with Crippen LogP contribution in [-0.4, -0.2) is 51.9 Å². The van der Waals surface area contributed by atoms with E-state index in [4.69, 9.17) is 11.6 Å². The summed E-state index contributed by atoms with van der Waals surface area (Å²) in [5.41, 5.74) is 1.20. The van der Waals surface area contributed by atoms with E-state index in [-0.39, 0.29) is 23.4 Å². The van der Waals surface area contributed by atoms with Gasteiger partial charge in [0.15, 0.2) is 0 Å². The van der Waals surface area contributed by atoms with Crippen LogP contribution in [0.2, 0.25) is 5.02 Å². The van der Waals surface area contributed by atoms with Gasteiger partial charge in [0, 0.05) is 11.1 Å². The summed E-state index contributed by atoms with van der Waals surface area (Å²) in [4.78, 5) is 15.1. The molecular formula is C21H26ClN3O3S. The second kappa shape index (κ2) is 9.15. The third kappa shape index (κ3) is 5.29. The van der Waals surface area contributed by atoms with Gasteiger partial charge < -0.3 is 10.2 Å². The topological polar surface area (TPSA) is 69.7 Å². The number of hydrogen-bond donors (Lipinski definition) is 1. The molecular weight excluding hydrogens is 410 g/mol. The van der Waals surface area contributed by atoms with Gasteiger partial charge in [0.05, 0.1) is 10.6 Å². The molecule has 1 aliphatic heterocycles. The summed E-state index contributed by atoms with van der Waals surface area (Å²) in [6.45, 7) is 3.35. The van der Waals surface area contributed by atoms with Crippen molar-refractivity contribution in [2.45, 2.75) is 30.7 Å². The standard InChI is InChI=1S/C21H26ClN3O3S/c1-16-8-9-18(14-20(16)22)25(29(27,28)19-6-4-3-5-7-19)15-21(26)23-17-10-12-24(2)13-11-17/h3-9,14,17H,10-13,15H2,1-2H3,(H,23,26). The molecule has 0 unspecified atom stereocenters. The summed E-state index contributed by atoms with van der Waals surface area (Å²) >= 11 is 6.23. The fourth-order valence-corrected chi connectivity index (χ4v) is 4.94. The van der Waals surface area contributed by atoms with Crippen LogP contribution in [-0.2, 0) is 14.8 Å². The largest absolute Gasteiger partial charge is 0.352 e. The quantitative estimate of drug-likeness (QED) is 0.757. The van der Waals surface area contributed by atoms with Gasteiger partial charge in [-0.1, -0.05) is 35.9 Å². The molecule has 2 aromatic rings. The number of carbonyl (C=O) groups is 1. The zero-order valence-electron chi connectivity index (χ0n) is 16.6. The zero-order chi connectivity index (χ0) is 21.0. The van der Waals surface area contributed by atoms with Crippen molar-refractivity contribution < 1.29 is 13.2 Å².